The Morgan fingerprint density at radius 3 is 0.950 bits per heavy atom. The smallest absolute Gasteiger partial charge is 0.277 e. The topological polar surface area (TPSA) is 17.1 Å². The first-order chi connectivity index (χ1) is 8.44. The van der Waals surface area contributed by atoms with Crippen molar-refractivity contribution in [1.29, 1.82) is 0 Å². The van der Waals surface area contributed by atoms with Crippen LogP contribution >= 0.6 is 11.6 Å². The van der Waals surface area contributed by atoms with E-state index in [1.54, 1.807) is 0 Å². The van der Waals surface area contributed by atoms with Gasteiger partial charge in [0.25, 0.3) is 5.24 Å². The third-order valence-electron chi connectivity index (χ3n) is 2.71. The zero-order valence-corrected chi connectivity index (χ0v) is 9.20. The molecular weight excluding hydrogens is 345 g/mol. The molecule has 0 spiro atoms. The van der Waals surface area contributed by atoms with Gasteiger partial charge in [-0.2, -0.15) is 43.9 Å². The van der Waals surface area contributed by atoms with Crippen LogP contribution in [-0.4, -0.2) is 40.5 Å². The van der Waals surface area contributed by atoms with E-state index in [1.807, 2.05) is 0 Å². The minimum atomic E-state index is -7.34. The number of alkyl halides is 11. The van der Waals surface area contributed by atoms with E-state index in [0.29, 0.717) is 0 Å². The van der Waals surface area contributed by atoms with E-state index in [0.717, 1.165) is 0 Å². The third kappa shape index (κ3) is 1.29. The Hall–Kier alpha value is -0.810. The third-order valence-corrected chi connectivity index (χ3v) is 2.97. The zero-order chi connectivity index (χ0) is 16.6. The molecule has 0 heterocycles. The van der Waals surface area contributed by atoms with Crippen LogP contribution in [0.5, 0.6) is 0 Å². The summed E-state index contributed by atoms with van der Waals surface area (Å²) in [6.45, 7) is 0. The number of carbonyl (C=O) groups excluding carboxylic acids is 1. The zero-order valence-electron chi connectivity index (χ0n) is 8.44. The lowest BCUT2D eigenvalue weighted by atomic mass is 9.73. The van der Waals surface area contributed by atoms with Gasteiger partial charge in [0.2, 0.25) is 0 Å². The first-order valence-corrected chi connectivity index (χ1v) is 4.60. The summed E-state index contributed by atoms with van der Waals surface area (Å²) in [5, 5.41) is -3.66. The van der Waals surface area contributed by atoms with Gasteiger partial charge < -0.3 is 0 Å². The monoisotopic (exact) mass is 344 g/mol. The fraction of sp³-hybridized carbons (Fsp3) is 0.857. The fourth-order valence-electron chi connectivity index (χ4n) is 1.47. The first-order valence-electron chi connectivity index (χ1n) is 4.22. The van der Waals surface area contributed by atoms with Crippen LogP contribution in [0.25, 0.3) is 0 Å². The normalized spacial score (nSPS) is 31.6. The highest BCUT2D eigenvalue weighted by atomic mass is 35.5. The van der Waals surface area contributed by atoms with Gasteiger partial charge in [0.1, 0.15) is 0 Å². The lowest BCUT2D eigenvalue weighted by molar-refractivity contribution is -0.475. The van der Waals surface area contributed by atoms with E-state index < -0.39 is 40.5 Å². The van der Waals surface area contributed by atoms with Gasteiger partial charge >= 0.3 is 35.3 Å². The van der Waals surface area contributed by atoms with E-state index in [4.69, 9.17) is 0 Å². The molecule has 118 valence electrons. The molecule has 1 fully saturated rings. The van der Waals surface area contributed by atoms with Gasteiger partial charge in [-0.1, -0.05) is 0 Å². The lowest BCUT2D eigenvalue weighted by Crippen LogP contribution is -2.85. The Labute approximate surface area is 106 Å². The van der Waals surface area contributed by atoms with E-state index in [2.05, 4.69) is 11.6 Å². The van der Waals surface area contributed by atoms with Crippen molar-refractivity contribution in [2.45, 2.75) is 35.3 Å². The molecule has 20 heavy (non-hydrogen) atoms. The lowest BCUT2D eigenvalue weighted by Gasteiger charge is -2.50. The molecule has 1 aliphatic rings. The maximum absolute atomic E-state index is 13.3. The molecule has 0 saturated heterocycles. The molecule has 0 radical (unpaired) electrons. The Morgan fingerprint density at radius 1 is 0.550 bits per heavy atom. The largest absolute Gasteiger partial charge is 0.384 e. The molecule has 0 bridgehead atoms. The highest BCUT2D eigenvalue weighted by Gasteiger charge is 3.02. The summed E-state index contributed by atoms with van der Waals surface area (Å²) in [6, 6.07) is 0. The van der Waals surface area contributed by atoms with Crippen LogP contribution in [0.1, 0.15) is 0 Å². The number of hydrogen-bond acceptors (Lipinski definition) is 1. The molecule has 0 aromatic rings. The molecule has 0 aromatic heterocycles. The molecular formula is C7ClF11O. The maximum Gasteiger partial charge on any atom is 0.384 e. The predicted octanol–water partition coefficient (Wildman–Crippen LogP) is 3.65. The van der Waals surface area contributed by atoms with Crippen molar-refractivity contribution in [2.75, 3.05) is 0 Å². The van der Waals surface area contributed by atoms with Gasteiger partial charge in [-0.25, -0.2) is 4.39 Å². The number of hydrogen-bond donors (Lipinski definition) is 0. The molecule has 0 unspecified atom stereocenters. The van der Waals surface area contributed by atoms with Crippen molar-refractivity contribution in [1.82, 2.24) is 0 Å². The summed E-state index contributed by atoms with van der Waals surface area (Å²) in [5.41, 5.74) is -6.73. The summed E-state index contributed by atoms with van der Waals surface area (Å²) >= 11 is 3.93. The molecule has 1 aliphatic carbocycles. The van der Waals surface area contributed by atoms with Crippen LogP contribution in [0.3, 0.4) is 0 Å². The maximum atomic E-state index is 13.3. The molecule has 1 rings (SSSR count). The second kappa shape index (κ2) is 3.69. The quantitative estimate of drug-likeness (QED) is 0.524. The van der Waals surface area contributed by atoms with Crippen molar-refractivity contribution in [3.63, 3.8) is 0 Å². The Bertz CT molecular complexity index is 426. The average molecular weight is 345 g/mol. The molecule has 1 saturated carbocycles. The Balaban J connectivity index is 3.88. The summed E-state index contributed by atoms with van der Waals surface area (Å²) < 4.78 is 141. The second-order valence-electron chi connectivity index (χ2n) is 3.80. The van der Waals surface area contributed by atoms with E-state index >= 15 is 0 Å². The molecule has 0 aromatic carbocycles. The predicted molar refractivity (Wildman–Crippen MR) is 39.4 cm³/mol. The first kappa shape index (κ1) is 17.2. The summed E-state index contributed by atoms with van der Waals surface area (Å²) in [6.07, 6.45) is 0. The molecule has 0 atom stereocenters. The summed E-state index contributed by atoms with van der Waals surface area (Å²) in [4.78, 5) is 10.3. The Kier molecular flexibility index (Phi) is 3.18. The van der Waals surface area contributed by atoms with E-state index in [1.165, 1.54) is 0 Å². The van der Waals surface area contributed by atoms with Crippen LogP contribution < -0.4 is 0 Å². The average Bonchev–Trinajstić information content (AvgIpc) is 2.24. The summed E-state index contributed by atoms with van der Waals surface area (Å²) in [7, 11) is 0. The van der Waals surface area contributed by atoms with Crippen molar-refractivity contribution in [3.8, 4) is 0 Å². The van der Waals surface area contributed by atoms with Crippen LogP contribution in [0, 0.1) is 0 Å². The van der Waals surface area contributed by atoms with Gasteiger partial charge in [-0.05, 0) is 11.6 Å². The van der Waals surface area contributed by atoms with Gasteiger partial charge in [-0.3, -0.25) is 4.79 Å². The van der Waals surface area contributed by atoms with Crippen LogP contribution in [0.2, 0.25) is 0 Å². The number of rotatable bonds is 1. The van der Waals surface area contributed by atoms with Gasteiger partial charge in [0.05, 0.1) is 0 Å². The minimum absolute atomic E-state index is 3.66. The van der Waals surface area contributed by atoms with Crippen molar-refractivity contribution >= 4 is 16.8 Å². The van der Waals surface area contributed by atoms with Crippen molar-refractivity contribution < 1.29 is 53.1 Å². The van der Waals surface area contributed by atoms with Gasteiger partial charge in [-0.15, -0.1) is 0 Å². The minimum Gasteiger partial charge on any atom is -0.277 e. The highest BCUT2D eigenvalue weighted by molar-refractivity contribution is 6.65. The Morgan fingerprint density at radius 2 is 0.750 bits per heavy atom. The molecule has 1 nitrogen and oxygen atoms in total. The van der Waals surface area contributed by atoms with E-state index in [-0.39, 0.29) is 0 Å². The van der Waals surface area contributed by atoms with Gasteiger partial charge in [0.15, 0.2) is 0 Å². The van der Waals surface area contributed by atoms with Crippen LogP contribution in [0.15, 0.2) is 0 Å². The van der Waals surface area contributed by atoms with Crippen LogP contribution in [0.4, 0.5) is 48.3 Å². The van der Waals surface area contributed by atoms with E-state index in [9.17, 15) is 53.1 Å². The molecule has 0 N–H and O–H groups in total. The number of carbonyl (C=O) groups is 1. The van der Waals surface area contributed by atoms with Crippen molar-refractivity contribution in [3.05, 3.63) is 0 Å². The fourth-order valence-corrected chi connectivity index (χ4v) is 1.71. The summed E-state index contributed by atoms with van der Waals surface area (Å²) in [5.74, 6) is -36.3. The standard InChI is InChI=1S/C7ClF11O/c8-1(20)2(9)3(10,11)5(14,15)7(18,19)6(16,17)4(2,12)13. The number of halogens is 12. The molecule has 13 heteroatoms. The SMILES string of the molecule is O=C(Cl)C1(F)C(F)(F)C(F)(F)C(F)(F)C(F)(F)C1(F)F. The van der Waals surface area contributed by atoms with Gasteiger partial charge in [0, 0.05) is 0 Å². The highest BCUT2D eigenvalue weighted by Crippen LogP contribution is 2.69. The molecule has 0 aliphatic heterocycles. The molecule has 0 amide bonds. The second-order valence-corrected chi connectivity index (χ2v) is 4.15. The van der Waals surface area contributed by atoms with Crippen LogP contribution in [-0.2, 0) is 4.79 Å². The van der Waals surface area contributed by atoms with Crippen molar-refractivity contribution in [2.24, 2.45) is 0 Å².